The number of carbonyl (C=O) groups excluding carboxylic acids is 1. The highest BCUT2D eigenvalue weighted by molar-refractivity contribution is 7.89. The lowest BCUT2D eigenvalue weighted by atomic mass is 10.1. The molecule has 3 aromatic rings. The summed E-state index contributed by atoms with van der Waals surface area (Å²) in [5, 5.41) is 13.5. The number of thiazole rings is 1. The number of benzene rings is 2. The molecule has 1 aromatic heterocycles. The predicted molar refractivity (Wildman–Crippen MR) is 103 cm³/mol. The lowest BCUT2D eigenvalue weighted by Gasteiger charge is -2.05. The van der Waals surface area contributed by atoms with Gasteiger partial charge in [-0.05, 0) is 36.4 Å². The number of anilines is 3. The first kappa shape index (κ1) is 18.1. The summed E-state index contributed by atoms with van der Waals surface area (Å²) in [6.45, 7) is 1.46. The predicted octanol–water partition coefficient (Wildman–Crippen LogP) is 3.16. The maximum Gasteiger partial charge on any atom is 0.238 e. The number of sulfonamides is 1. The zero-order chi connectivity index (χ0) is 18.7. The van der Waals surface area contributed by atoms with E-state index in [0.29, 0.717) is 16.5 Å². The molecule has 26 heavy (non-hydrogen) atoms. The Balaban J connectivity index is 1.77. The van der Waals surface area contributed by atoms with Crippen LogP contribution in [0.5, 0.6) is 0 Å². The summed E-state index contributed by atoms with van der Waals surface area (Å²) in [6, 6.07) is 13.5. The van der Waals surface area contributed by atoms with Crippen molar-refractivity contribution in [2.45, 2.75) is 11.8 Å². The number of rotatable bonds is 5. The van der Waals surface area contributed by atoms with Gasteiger partial charge in [0.15, 0.2) is 5.13 Å². The number of aromatic nitrogens is 1. The largest absolute Gasteiger partial charge is 0.332 e. The van der Waals surface area contributed by atoms with Crippen LogP contribution in [-0.4, -0.2) is 19.3 Å². The van der Waals surface area contributed by atoms with Crippen molar-refractivity contribution >= 4 is 43.8 Å². The maximum atomic E-state index is 11.3. The second-order valence-electron chi connectivity index (χ2n) is 5.49. The van der Waals surface area contributed by atoms with Crippen LogP contribution in [0.1, 0.15) is 6.92 Å². The summed E-state index contributed by atoms with van der Waals surface area (Å²) in [6.07, 6.45) is 0. The molecule has 0 aliphatic heterocycles. The first-order valence-electron chi connectivity index (χ1n) is 7.55. The molecule has 0 spiro atoms. The van der Waals surface area contributed by atoms with E-state index in [4.69, 9.17) is 5.14 Å². The number of amides is 1. The Hall–Kier alpha value is -2.75. The van der Waals surface area contributed by atoms with Gasteiger partial charge in [-0.2, -0.15) is 0 Å². The van der Waals surface area contributed by atoms with Gasteiger partial charge < -0.3 is 10.6 Å². The molecule has 4 N–H and O–H groups in total. The van der Waals surface area contributed by atoms with Crippen LogP contribution < -0.4 is 15.8 Å². The standard InChI is InChI=1S/C17H16N4O3S2/c1-11(22)19-14-4-2-3-12(9-14)16-10-25-17(21-16)20-13-5-7-15(8-6-13)26(18,23)24/h2-10H,1H3,(H,19,22)(H,20,21)(H2,18,23,24). The summed E-state index contributed by atoms with van der Waals surface area (Å²) in [4.78, 5) is 15.7. The van der Waals surface area contributed by atoms with Crippen LogP contribution in [0.3, 0.4) is 0 Å². The van der Waals surface area contributed by atoms with Crippen LogP contribution in [0.2, 0.25) is 0 Å². The average Bonchev–Trinajstić information content (AvgIpc) is 3.03. The molecular weight excluding hydrogens is 372 g/mol. The van der Waals surface area contributed by atoms with Crippen molar-refractivity contribution in [3.63, 3.8) is 0 Å². The fraction of sp³-hybridized carbons (Fsp3) is 0.0588. The number of nitrogens with zero attached hydrogens (tertiary/aromatic N) is 1. The van der Waals surface area contributed by atoms with Crippen molar-refractivity contribution in [1.82, 2.24) is 4.98 Å². The van der Waals surface area contributed by atoms with E-state index in [1.54, 1.807) is 12.1 Å². The molecule has 0 aliphatic rings. The van der Waals surface area contributed by atoms with Gasteiger partial charge in [0.1, 0.15) is 0 Å². The number of nitrogens with one attached hydrogen (secondary N) is 2. The SMILES string of the molecule is CC(=O)Nc1cccc(-c2csc(Nc3ccc(S(N)(=O)=O)cc3)n2)c1. The lowest BCUT2D eigenvalue weighted by molar-refractivity contribution is -0.114. The molecule has 3 rings (SSSR count). The smallest absolute Gasteiger partial charge is 0.238 e. The van der Waals surface area contributed by atoms with E-state index in [9.17, 15) is 13.2 Å². The van der Waals surface area contributed by atoms with Crippen LogP contribution in [0, 0.1) is 0 Å². The molecule has 1 heterocycles. The Kier molecular flexibility index (Phi) is 5.03. The van der Waals surface area contributed by atoms with E-state index in [-0.39, 0.29) is 10.8 Å². The zero-order valence-corrected chi connectivity index (χ0v) is 15.4. The molecule has 0 saturated heterocycles. The molecule has 134 valence electrons. The normalized spacial score (nSPS) is 11.2. The summed E-state index contributed by atoms with van der Waals surface area (Å²) < 4.78 is 22.6. The van der Waals surface area contributed by atoms with Gasteiger partial charge in [0, 0.05) is 29.2 Å². The molecule has 7 nitrogen and oxygen atoms in total. The second kappa shape index (κ2) is 7.24. The molecule has 0 fully saturated rings. The minimum Gasteiger partial charge on any atom is -0.332 e. The molecule has 0 aliphatic carbocycles. The quantitative estimate of drug-likeness (QED) is 0.621. The van der Waals surface area contributed by atoms with Gasteiger partial charge in [-0.25, -0.2) is 18.5 Å². The summed E-state index contributed by atoms with van der Waals surface area (Å²) >= 11 is 1.42. The molecular formula is C17H16N4O3S2. The van der Waals surface area contributed by atoms with Gasteiger partial charge in [0.25, 0.3) is 0 Å². The minimum absolute atomic E-state index is 0.0534. The van der Waals surface area contributed by atoms with Crippen molar-refractivity contribution in [3.05, 3.63) is 53.9 Å². The van der Waals surface area contributed by atoms with E-state index in [1.165, 1.54) is 30.4 Å². The third kappa shape index (κ3) is 4.45. The van der Waals surface area contributed by atoms with E-state index in [2.05, 4.69) is 15.6 Å². The van der Waals surface area contributed by atoms with Crippen molar-refractivity contribution in [3.8, 4) is 11.3 Å². The third-order valence-corrected chi connectivity index (χ3v) is 5.10. The first-order valence-corrected chi connectivity index (χ1v) is 9.97. The van der Waals surface area contributed by atoms with E-state index in [0.717, 1.165) is 11.3 Å². The van der Waals surface area contributed by atoms with Crippen LogP contribution in [0.4, 0.5) is 16.5 Å². The second-order valence-corrected chi connectivity index (χ2v) is 7.91. The number of primary sulfonamides is 1. The summed E-state index contributed by atoms with van der Waals surface area (Å²) in [5.74, 6) is -0.134. The Labute approximate surface area is 154 Å². The molecule has 0 radical (unpaired) electrons. The fourth-order valence-electron chi connectivity index (χ4n) is 2.27. The highest BCUT2D eigenvalue weighted by Crippen LogP contribution is 2.28. The van der Waals surface area contributed by atoms with Crippen LogP contribution in [0.25, 0.3) is 11.3 Å². The van der Waals surface area contributed by atoms with E-state index in [1.807, 2.05) is 29.6 Å². The Morgan fingerprint density at radius 1 is 1.12 bits per heavy atom. The number of hydrogen-bond donors (Lipinski definition) is 3. The van der Waals surface area contributed by atoms with Crippen molar-refractivity contribution in [2.75, 3.05) is 10.6 Å². The van der Waals surface area contributed by atoms with Crippen LogP contribution in [-0.2, 0) is 14.8 Å². The monoisotopic (exact) mass is 388 g/mol. The Morgan fingerprint density at radius 2 is 1.85 bits per heavy atom. The minimum atomic E-state index is -3.71. The fourth-order valence-corrected chi connectivity index (χ4v) is 3.53. The van der Waals surface area contributed by atoms with Gasteiger partial charge in [-0.3, -0.25) is 4.79 Å². The van der Waals surface area contributed by atoms with Gasteiger partial charge in [-0.15, -0.1) is 11.3 Å². The van der Waals surface area contributed by atoms with Crippen LogP contribution in [0.15, 0.2) is 58.8 Å². The molecule has 9 heteroatoms. The van der Waals surface area contributed by atoms with E-state index >= 15 is 0 Å². The highest BCUT2D eigenvalue weighted by Gasteiger charge is 2.09. The van der Waals surface area contributed by atoms with Crippen molar-refractivity contribution in [1.29, 1.82) is 0 Å². The summed E-state index contributed by atoms with van der Waals surface area (Å²) in [7, 11) is -3.71. The summed E-state index contributed by atoms with van der Waals surface area (Å²) in [5.41, 5.74) is 3.05. The first-order chi connectivity index (χ1) is 12.3. The third-order valence-electron chi connectivity index (χ3n) is 3.42. The van der Waals surface area contributed by atoms with Gasteiger partial charge in [0.2, 0.25) is 15.9 Å². The maximum absolute atomic E-state index is 11.3. The Morgan fingerprint density at radius 3 is 2.50 bits per heavy atom. The number of nitrogens with two attached hydrogens (primary N) is 1. The van der Waals surface area contributed by atoms with Gasteiger partial charge in [0.05, 0.1) is 10.6 Å². The molecule has 2 aromatic carbocycles. The molecule has 0 atom stereocenters. The van der Waals surface area contributed by atoms with Gasteiger partial charge in [-0.1, -0.05) is 12.1 Å². The molecule has 1 amide bonds. The lowest BCUT2D eigenvalue weighted by Crippen LogP contribution is -2.11. The number of carbonyl (C=O) groups is 1. The topological polar surface area (TPSA) is 114 Å². The average molecular weight is 388 g/mol. The highest BCUT2D eigenvalue weighted by atomic mass is 32.2. The molecule has 0 unspecified atom stereocenters. The zero-order valence-electron chi connectivity index (χ0n) is 13.8. The Bertz CT molecular complexity index is 1040. The van der Waals surface area contributed by atoms with Gasteiger partial charge >= 0.3 is 0 Å². The molecule has 0 saturated carbocycles. The number of hydrogen-bond acceptors (Lipinski definition) is 6. The van der Waals surface area contributed by atoms with Crippen LogP contribution >= 0.6 is 11.3 Å². The van der Waals surface area contributed by atoms with Crippen molar-refractivity contribution < 1.29 is 13.2 Å². The van der Waals surface area contributed by atoms with E-state index < -0.39 is 10.0 Å². The molecule has 0 bridgehead atoms. The van der Waals surface area contributed by atoms with Crippen molar-refractivity contribution in [2.24, 2.45) is 5.14 Å².